The minimum atomic E-state index is -1.00. The summed E-state index contributed by atoms with van der Waals surface area (Å²) in [4.78, 5) is 10.8. The minimum Gasteiger partial charge on any atom is -0.496 e. The van der Waals surface area contributed by atoms with E-state index >= 15 is 0 Å². The molecule has 0 aliphatic rings. The van der Waals surface area contributed by atoms with Crippen LogP contribution < -0.4 is 10.5 Å². The maximum Gasteiger partial charge on any atom is 0.320 e. The van der Waals surface area contributed by atoms with Crippen LogP contribution >= 0.6 is 15.9 Å². The van der Waals surface area contributed by atoms with E-state index in [0.29, 0.717) is 0 Å². The van der Waals surface area contributed by atoms with Gasteiger partial charge in [0.15, 0.2) is 0 Å². The number of aliphatic carboxylic acids is 1. The van der Waals surface area contributed by atoms with Gasteiger partial charge in [-0.3, -0.25) is 4.79 Å². The lowest BCUT2D eigenvalue weighted by molar-refractivity contribution is -0.138. The van der Waals surface area contributed by atoms with Crippen LogP contribution in [0.4, 0.5) is 0 Å². The number of halogens is 1. The topological polar surface area (TPSA) is 72.5 Å². The number of aryl methyl sites for hydroxylation is 1. The summed E-state index contributed by atoms with van der Waals surface area (Å²) in [5.74, 6) is -0.225. The average Bonchev–Trinajstić information content (AvgIpc) is 2.24. The molecule has 94 valence electrons. The predicted octanol–water partition coefficient (Wildman–Crippen LogP) is 2.03. The van der Waals surface area contributed by atoms with E-state index in [2.05, 4.69) is 15.9 Å². The van der Waals surface area contributed by atoms with E-state index in [1.54, 1.807) is 7.11 Å². The van der Waals surface area contributed by atoms with Gasteiger partial charge in [-0.25, -0.2) is 0 Å². The lowest BCUT2D eigenvalue weighted by Crippen LogP contribution is -2.32. The van der Waals surface area contributed by atoms with E-state index in [9.17, 15) is 4.79 Å². The van der Waals surface area contributed by atoms with Crippen LogP contribution in [0.3, 0.4) is 0 Å². The fourth-order valence-corrected chi connectivity index (χ4v) is 2.63. The van der Waals surface area contributed by atoms with Gasteiger partial charge in [0.05, 0.1) is 7.11 Å². The summed E-state index contributed by atoms with van der Waals surface area (Å²) < 4.78 is 6.17. The van der Waals surface area contributed by atoms with Gasteiger partial charge in [0.1, 0.15) is 11.8 Å². The highest BCUT2D eigenvalue weighted by Gasteiger charge is 2.18. The number of benzene rings is 1. The molecule has 1 aromatic carbocycles. The van der Waals surface area contributed by atoms with Crippen LogP contribution in [0.25, 0.3) is 0 Å². The first-order chi connectivity index (χ1) is 7.88. The summed E-state index contributed by atoms with van der Waals surface area (Å²) in [6.45, 7) is 3.85. The molecule has 1 aromatic rings. The molecule has 0 saturated heterocycles. The lowest BCUT2D eigenvalue weighted by Gasteiger charge is -2.16. The van der Waals surface area contributed by atoms with Crippen LogP contribution in [0.1, 0.15) is 16.7 Å². The Labute approximate surface area is 109 Å². The fraction of sp³-hybridized carbons (Fsp3) is 0.417. The number of nitrogens with two attached hydrogens (primary N) is 1. The molecule has 0 fully saturated rings. The Hall–Kier alpha value is -1.07. The Morgan fingerprint density at radius 2 is 2.18 bits per heavy atom. The summed E-state index contributed by atoms with van der Waals surface area (Å²) >= 11 is 3.43. The van der Waals surface area contributed by atoms with Crippen LogP contribution in [0, 0.1) is 13.8 Å². The summed E-state index contributed by atoms with van der Waals surface area (Å²) in [7, 11) is 1.60. The molecule has 0 aliphatic heterocycles. The van der Waals surface area contributed by atoms with E-state index in [1.807, 2.05) is 19.9 Å². The van der Waals surface area contributed by atoms with Crippen molar-refractivity contribution < 1.29 is 14.6 Å². The predicted molar refractivity (Wildman–Crippen MR) is 69.5 cm³/mol. The van der Waals surface area contributed by atoms with Gasteiger partial charge in [0.25, 0.3) is 0 Å². The number of hydrogen-bond acceptors (Lipinski definition) is 3. The molecule has 1 rings (SSSR count). The van der Waals surface area contributed by atoms with Gasteiger partial charge in [-0.1, -0.05) is 15.9 Å². The van der Waals surface area contributed by atoms with Crippen molar-refractivity contribution in [3.63, 3.8) is 0 Å². The average molecular weight is 302 g/mol. The largest absolute Gasteiger partial charge is 0.496 e. The second-order valence-corrected chi connectivity index (χ2v) is 4.82. The van der Waals surface area contributed by atoms with E-state index in [0.717, 1.165) is 26.9 Å². The van der Waals surface area contributed by atoms with Gasteiger partial charge in [-0.2, -0.15) is 0 Å². The Balaban J connectivity index is 3.20. The Morgan fingerprint density at radius 3 is 2.65 bits per heavy atom. The second-order valence-electron chi connectivity index (χ2n) is 3.96. The zero-order valence-electron chi connectivity index (χ0n) is 10.1. The number of carbonyl (C=O) groups is 1. The Morgan fingerprint density at radius 1 is 1.59 bits per heavy atom. The van der Waals surface area contributed by atoms with Crippen molar-refractivity contribution in [2.24, 2.45) is 5.73 Å². The first-order valence-corrected chi connectivity index (χ1v) is 5.98. The molecule has 0 spiro atoms. The van der Waals surface area contributed by atoms with Gasteiger partial charge in [0.2, 0.25) is 0 Å². The molecular formula is C12H16BrNO3. The van der Waals surface area contributed by atoms with Crippen LogP contribution in [0.15, 0.2) is 10.5 Å². The van der Waals surface area contributed by atoms with E-state index in [1.165, 1.54) is 0 Å². The van der Waals surface area contributed by atoms with Crippen molar-refractivity contribution in [3.05, 3.63) is 27.2 Å². The van der Waals surface area contributed by atoms with Crippen molar-refractivity contribution in [1.29, 1.82) is 0 Å². The first-order valence-electron chi connectivity index (χ1n) is 5.19. The molecule has 4 nitrogen and oxygen atoms in total. The molecule has 0 amide bonds. The molecule has 1 atom stereocenters. The number of methoxy groups -OCH3 is 1. The van der Waals surface area contributed by atoms with Gasteiger partial charge < -0.3 is 15.6 Å². The monoisotopic (exact) mass is 301 g/mol. The summed E-state index contributed by atoms with van der Waals surface area (Å²) in [5.41, 5.74) is 8.36. The smallest absolute Gasteiger partial charge is 0.320 e. The third kappa shape index (κ3) is 2.98. The third-order valence-electron chi connectivity index (χ3n) is 2.73. The molecule has 0 bridgehead atoms. The van der Waals surface area contributed by atoms with E-state index in [-0.39, 0.29) is 6.42 Å². The third-order valence-corrected chi connectivity index (χ3v) is 3.44. The highest BCUT2D eigenvalue weighted by atomic mass is 79.9. The van der Waals surface area contributed by atoms with Crippen molar-refractivity contribution >= 4 is 21.9 Å². The van der Waals surface area contributed by atoms with Crippen LogP contribution in [-0.2, 0) is 11.2 Å². The highest BCUT2D eigenvalue weighted by molar-refractivity contribution is 9.10. The van der Waals surface area contributed by atoms with Crippen molar-refractivity contribution in [1.82, 2.24) is 0 Å². The lowest BCUT2D eigenvalue weighted by atomic mass is 9.98. The molecule has 0 saturated carbocycles. The van der Waals surface area contributed by atoms with Crippen molar-refractivity contribution in [3.8, 4) is 5.75 Å². The minimum absolute atomic E-state index is 0.276. The van der Waals surface area contributed by atoms with Crippen LogP contribution in [0.2, 0.25) is 0 Å². The summed E-state index contributed by atoms with van der Waals surface area (Å²) in [6.07, 6.45) is 0.276. The maximum atomic E-state index is 10.8. The number of hydrogen-bond donors (Lipinski definition) is 2. The van der Waals surface area contributed by atoms with Gasteiger partial charge >= 0.3 is 5.97 Å². The molecule has 0 heterocycles. The summed E-state index contributed by atoms with van der Waals surface area (Å²) in [5, 5.41) is 8.83. The zero-order chi connectivity index (χ0) is 13.2. The van der Waals surface area contributed by atoms with Crippen molar-refractivity contribution in [2.45, 2.75) is 26.3 Å². The molecule has 0 radical (unpaired) electrons. The number of rotatable bonds is 4. The number of carboxylic acids is 1. The number of ether oxygens (including phenoxy) is 1. The first kappa shape index (κ1) is 14.0. The summed E-state index contributed by atoms with van der Waals surface area (Å²) in [6, 6.07) is 1.01. The fourth-order valence-electron chi connectivity index (χ4n) is 1.83. The molecule has 5 heteroatoms. The molecule has 3 N–H and O–H groups in total. The molecule has 17 heavy (non-hydrogen) atoms. The maximum absolute atomic E-state index is 10.8. The van der Waals surface area contributed by atoms with Gasteiger partial charge in [-0.15, -0.1) is 0 Å². The highest BCUT2D eigenvalue weighted by Crippen LogP contribution is 2.32. The van der Waals surface area contributed by atoms with Crippen LogP contribution in [-0.4, -0.2) is 24.2 Å². The second kappa shape index (κ2) is 5.51. The van der Waals surface area contributed by atoms with Gasteiger partial charge in [-0.05, 0) is 43.0 Å². The van der Waals surface area contributed by atoms with Gasteiger partial charge in [0, 0.05) is 4.47 Å². The van der Waals surface area contributed by atoms with Crippen LogP contribution in [0.5, 0.6) is 5.75 Å². The van der Waals surface area contributed by atoms with Crippen molar-refractivity contribution in [2.75, 3.05) is 7.11 Å². The van der Waals surface area contributed by atoms with E-state index in [4.69, 9.17) is 15.6 Å². The number of carboxylic acid groups (broad SMARTS) is 1. The molecule has 0 aliphatic carbocycles. The molecule has 1 unspecified atom stereocenters. The Bertz CT molecular complexity index is 446. The standard InChI is InChI=1S/C12H16BrNO3/c1-6-4-9(13)8(5-10(14)12(15)16)7(2)11(6)17-3/h4,10H,5,14H2,1-3H3,(H,15,16). The Kier molecular flexibility index (Phi) is 4.54. The SMILES string of the molecule is COc1c(C)cc(Br)c(CC(N)C(=O)O)c1C. The quantitative estimate of drug-likeness (QED) is 0.892. The molecular weight excluding hydrogens is 286 g/mol. The molecule has 0 aromatic heterocycles. The van der Waals surface area contributed by atoms with E-state index < -0.39 is 12.0 Å². The zero-order valence-corrected chi connectivity index (χ0v) is 11.7. The normalized spacial score (nSPS) is 12.3.